The number of guanidine groups is 1. The second-order valence-corrected chi connectivity index (χ2v) is 8.19. The molecule has 1 saturated carbocycles. The molecule has 1 fully saturated rings. The molecule has 0 amide bonds. The van der Waals surface area contributed by atoms with E-state index in [9.17, 15) is 8.42 Å². The third-order valence-electron chi connectivity index (χ3n) is 4.01. The molecule has 1 aromatic carbocycles. The van der Waals surface area contributed by atoms with Gasteiger partial charge in [-0.3, -0.25) is 4.99 Å². The summed E-state index contributed by atoms with van der Waals surface area (Å²) in [6.45, 7) is 4.59. The van der Waals surface area contributed by atoms with Crippen molar-refractivity contribution in [3.8, 4) is 0 Å². The van der Waals surface area contributed by atoms with E-state index in [1.807, 2.05) is 26.0 Å². The highest BCUT2D eigenvalue weighted by molar-refractivity contribution is 7.88. The van der Waals surface area contributed by atoms with Crippen LogP contribution in [0.15, 0.2) is 23.2 Å². The molecule has 4 N–H and O–H groups in total. The fourth-order valence-electron chi connectivity index (χ4n) is 3.14. The van der Waals surface area contributed by atoms with Crippen molar-refractivity contribution in [1.29, 1.82) is 0 Å². The van der Waals surface area contributed by atoms with Gasteiger partial charge in [0.1, 0.15) is 0 Å². The molecule has 0 saturated heterocycles. The number of sulfonamides is 1. The average Bonchev–Trinajstić information content (AvgIpc) is 2.80. The Morgan fingerprint density at radius 2 is 1.91 bits per heavy atom. The van der Waals surface area contributed by atoms with Crippen LogP contribution < -0.4 is 15.8 Å². The summed E-state index contributed by atoms with van der Waals surface area (Å²) in [5, 5.41) is 3.10. The summed E-state index contributed by atoms with van der Waals surface area (Å²) in [6.07, 6.45) is 4.03. The SMILES string of the molecule is Cc1cc(C)cc(NC(N)=NCC2CCCC2NS(C)(=O)=O)c1. The average molecular weight is 338 g/mol. The molecular formula is C16H26N4O2S. The van der Waals surface area contributed by atoms with Crippen LogP contribution in [-0.2, 0) is 10.0 Å². The Bertz CT molecular complexity index is 665. The summed E-state index contributed by atoms with van der Waals surface area (Å²) >= 11 is 0. The number of anilines is 1. The van der Waals surface area contributed by atoms with E-state index in [0.29, 0.717) is 12.5 Å². The topological polar surface area (TPSA) is 96.6 Å². The van der Waals surface area contributed by atoms with E-state index in [-0.39, 0.29) is 12.0 Å². The zero-order chi connectivity index (χ0) is 17.0. The summed E-state index contributed by atoms with van der Waals surface area (Å²) in [5.74, 6) is 0.560. The molecule has 1 aromatic rings. The van der Waals surface area contributed by atoms with Gasteiger partial charge >= 0.3 is 0 Å². The monoisotopic (exact) mass is 338 g/mol. The van der Waals surface area contributed by atoms with Crippen molar-refractivity contribution >= 4 is 21.7 Å². The summed E-state index contributed by atoms with van der Waals surface area (Å²) in [5.41, 5.74) is 9.20. The van der Waals surface area contributed by atoms with Crippen molar-refractivity contribution in [2.24, 2.45) is 16.6 Å². The van der Waals surface area contributed by atoms with Crippen LogP contribution in [0, 0.1) is 19.8 Å². The summed E-state index contributed by atoms with van der Waals surface area (Å²) in [6, 6.07) is 6.08. The normalized spacial score (nSPS) is 22.3. The van der Waals surface area contributed by atoms with E-state index < -0.39 is 10.0 Å². The first-order valence-corrected chi connectivity index (χ1v) is 9.74. The fourth-order valence-corrected chi connectivity index (χ4v) is 4.00. The first kappa shape index (κ1) is 17.7. The van der Waals surface area contributed by atoms with Crippen molar-refractivity contribution in [2.45, 2.75) is 39.2 Å². The molecular weight excluding hydrogens is 312 g/mol. The molecule has 0 aliphatic heterocycles. The third-order valence-corrected chi connectivity index (χ3v) is 4.75. The molecule has 0 radical (unpaired) electrons. The second-order valence-electron chi connectivity index (χ2n) is 6.41. The van der Waals surface area contributed by atoms with Gasteiger partial charge in [0.15, 0.2) is 5.96 Å². The lowest BCUT2D eigenvalue weighted by Gasteiger charge is -2.18. The quantitative estimate of drug-likeness (QED) is 0.563. The van der Waals surface area contributed by atoms with Crippen LogP contribution in [0.4, 0.5) is 5.69 Å². The molecule has 6 nitrogen and oxygen atoms in total. The Balaban J connectivity index is 1.96. The van der Waals surface area contributed by atoms with Crippen molar-refractivity contribution in [3.63, 3.8) is 0 Å². The molecule has 1 aliphatic carbocycles. The van der Waals surface area contributed by atoms with Crippen LogP contribution in [0.3, 0.4) is 0 Å². The van der Waals surface area contributed by atoms with E-state index >= 15 is 0 Å². The van der Waals surface area contributed by atoms with Crippen LogP contribution in [0.1, 0.15) is 30.4 Å². The molecule has 128 valence electrons. The number of hydrogen-bond donors (Lipinski definition) is 3. The van der Waals surface area contributed by atoms with Crippen molar-refractivity contribution in [2.75, 3.05) is 18.1 Å². The molecule has 7 heteroatoms. The van der Waals surface area contributed by atoms with Crippen LogP contribution in [-0.4, -0.2) is 33.2 Å². The highest BCUT2D eigenvalue weighted by atomic mass is 32.2. The molecule has 1 aliphatic rings. The van der Waals surface area contributed by atoms with Crippen LogP contribution in [0.25, 0.3) is 0 Å². The number of nitrogens with two attached hydrogens (primary N) is 1. The lowest BCUT2D eigenvalue weighted by atomic mass is 10.1. The lowest BCUT2D eigenvalue weighted by Crippen LogP contribution is -2.38. The molecule has 2 unspecified atom stereocenters. The van der Waals surface area contributed by atoms with Gasteiger partial charge in [0, 0.05) is 18.3 Å². The van der Waals surface area contributed by atoms with E-state index in [1.165, 1.54) is 6.26 Å². The Labute approximate surface area is 138 Å². The van der Waals surface area contributed by atoms with Crippen LogP contribution in [0.2, 0.25) is 0 Å². The Morgan fingerprint density at radius 1 is 1.26 bits per heavy atom. The lowest BCUT2D eigenvalue weighted by molar-refractivity contribution is 0.455. The van der Waals surface area contributed by atoms with Gasteiger partial charge in [0.05, 0.1) is 6.26 Å². The smallest absolute Gasteiger partial charge is 0.208 e. The molecule has 2 rings (SSSR count). The number of nitrogens with one attached hydrogen (secondary N) is 2. The van der Waals surface area contributed by atoms with Crippen LogP contribution in [0.5, 0.6) is 0 Å². The van der Waals surface area contributed by atoms with Gasteiger partial charge in [0.25, 0.3) is 0 Å². The maximum atomic E-state index is 11.4. The number of aliphatic imine (C=N–C) groups is 1. The van der Waals surface area contributed by atoms with Gasteiger partial charge in [-0.2, -0.15) is 0 Å². The Morgan fingerprint density at radius 3 is 2.52 bits per heavy atom. The second kappa shape index (κ2) is 7.31. The van der Waals surface area contributed by atoms with Crippen molar-refractivity contribution < 1.29 is 8.42 Å². The molecule has 0 aromatic heterocycles. The highest BCUT2D eigenvalue weighted by Crippen LogP contribution is 2.26. The maximum absolute atomic E-state index is 11.4. The summed E-state index contributed by atoms with van der Waals surface area (Å²) < 4.78 is 25.5. The number of hydrogen-bond acceptors (Lipinski definition) is 3. The minimum absolute atomic E-state index is 0.0391. The summed E-state index contributed by atoms with van der Waals surface area (Å²) in [4.78, 5) is 4.39. The number of nitrogens with zero attached hydrogens (tertiary/aromatic N) is 1. The largest absolute Gasteiger partial charge is 0.370 e. The minimum Gasteiger partial charge on any atom is -0.370 e. The maximum Gasteiger partial charge on any atom is 0.208 e. The summed E-state index contributed by atoms with van der Waals surface area (Å²) in [7, 11) is -3.18. The van der Waals surface area contributed by atoms with E-state index in [2.05, 4.69) is 21.1 Å². The molecule has 23 heavy (non-hydrogen) atoms. The fraction of sp³-hybridized carbons (Fsp3) is 0.562. The molecule has 0 spiro atoms. The highest BCUT2D eigenvalue weighted by Gasteiger charge is 2.29. The molecule has 0 bridgehead atoms. The van der Waals surface area contributed by atoms with E-state index in [4.69, 9.17) is 5.73 Å². The van der Waals surface area contributed by atoms with Gasteiger partial charge in [-0.05, 0) is 55.9 Å². The van der Waals surface area contributed by atoms with Crippen LogP contribution >= 0.6 is 0 Å². The zero-order valence-electron chi connectivity index (χ0n) is 14.0. The molecule has 0 heterocycles. The third kappa shape index (κ3) is 5.84. The predicted octanol–water partition coefficient (Wildman–Crippen LogP) is 1.75. The van der Waals surface area contributed by atoms with Crippen molar-refractivity contribution in [1.82, 2.24) is 4.72 Å². The first-order chi connectivity index (χ1) is 10.7. The van der Waals surface area contributed by atoms with Crippen molar-refractivity contribution in [3.05, 3.63) is 29.3 Å². The van der Waals surface area contributed by atoms with Gasteiger partial charge < -0.3 is 11.1 Å². The number of rotatable bonds is 5. The van der Waals surface area contributed by atoms with Gasteiger partial charge in [-0.15, -0.1) is 0 Å². The Kier molecular flexibility index (Phi) is 5.64. The predicted molar refractivity (Wildman–Crippen MR) is 95.1 cm³/mol. The standard InChI is InChI=1S/C16H26N4O2S/c1-11-7-12(2)9-14(8-11)19-16(17)18-10-13-5-4-6-15(13)20-23(3,21)22/h7-9,13,15,20H,4-6,10H2,1-3H3,(H3,17,18,19). The Hall–Kier alpha value is -1.60. The number of aryl methyl sites for hydroxylation is 2. The van der Waals surface area contributed by atoms with Gasteiger partial charge in [-0.25, -0.2) is 13.1 Å². The van der Waals surface area contributed by atoms with E-state index in [1.54, 1.807) is 0 Å². The van der Waals surface area contributed by atoms with Gasteiger partial charge in [0.2, 0.25) is 10.0 Å². The van der Waals surface area contributed by atoms with Gasteiger partial charge in [-0.1, -0.05) is 12.5 Å². The van der Waals surface area contributed by atoms with E-state index in [0.717, 1.165) is 36.1 Å². The number of benzene rings is 1. The molecule has 2 atom stereocenters. The zero-order valence-corrected chi connectivity index (χ0v) is 14.8. The first-order valence-electron chi connectivity index (χ1n) is 7.85. The minimum atomic E-state index is -3.18.